The molecule has 1 amide bonds. The van der Waals surface area contributed by atoms with E-state index in [1.54, 1.807) is 19.2 Å². The van der Waals surface area contributed by atoms with E-state index in [1.807, 2.05) is 42.5 Å². The first kappa shape index (κ1) is 20.0. The van der Waals surface area contributed by atoms with Crippen LogP contribution in [0.4, 0.5) is 5.82 Å². The molecule has 0 fully saturated rings. The van der Waals surface area contributed by atoms with Crippen molar-refractivity contribution < 1.29 is 19.3 Å². The number of H-pyrrole nitrogens is 1. The first-order valence-corrected chi connectivity index (χ1v) is 9.32. The van der Waals surface area contributed by atoms with E-state index >= 15 is 0 Å². The molecule has 7 heteroatoms. The van der Waals surface area contributed by atoms with Crippen molar-refractivity contribution in [3.8, 4) is 17.6 Å². The number of para-hydroxylation sites is 1. The maximum atomic E-state index is 11.8. The molecule has 148 valence electrons. The normalized spacial score (nSPS) is 10.2. The minimum atomic E-state index is -0.169. The van der Waals surface area contributed by atoms with Crippen molar-refractivity contribution in [3.05, 3.63) is 60.2 Å². The molecular weight excluding hydrogens is 368 g/mol. The topological polar surface area (TPSA) is 97.5 Å². The number of fused-ring (bicyclic) bond motifs is 1. The van der Waals surface area contributed by atoms with E-state index < -0.39 is 0 Å². The fourth-order valence-electron chi connectivity index (χ4n) is 2.80. The number of aromatic amines is 1. The number of carbonyl (C=O) groups is 1. The number of hydrogen-bond acceptors (Lipinski definition) is 5. The second kappa shape index (κ2) is 9.95. The summed E-state index contributed by atoms with van der Waals surface area (Å²) in [5.74, 6) is 1.89. The van der Waals surface area contributed by atoms with Gasteiger partial charge in [0.25, 0.3) is 11.7 Å². The Bertz CT molecular complexity index is 1020. The number of carbonyl (C=O) groups excluding carboxylic acids is 1. The largest absolute Gasteiger partial charge is 0.497 e. The van der Waals surface area contributed by atoms with Gasteiger partial charge in [-0.05, 0) is 36.4 Å². The van der Waals surface area contributed by atoms with E-state index in [4.69, 9.17) is 9.47 Å². The maximum Gasteiger partial charge on any atom is 0.290 e. The lowest BCUT2D eigenvalue weighted by Gasteiger charge is -2.07. The van der Waals surface area contributed by atoms with E-state index in [2.05, 4.69) is 21.7 Å². The van der Waals surface area contributed by atoms with Crippen LogP contribution >= 0.6 is 0 Å². The SMILES string of the molecule is COc1ccc2[nH+]c(NCCCNC(=O)COc3ccccc3)c(C#N)cc2c1. The van der Waals surface area contributed by atoms with Crippen LogP contribution in [-0.2, 0) is 4.79 Å². The Morgan fingerprint density at radius 2 is 1.93 bits per heavy atom. The summed E-state index contributed by atoms with van der Waals surface area (Å²) in [6.45, 7) is 1.10. The molecule has 0 aliphatic carbocycles. The van der Waals surface area contributed by atoms with E-state index in [-0.39, 0.29) is 12.5 Å². The Morgan fingerprint density at radius 1 is 1.10 bits per heavy atom. The second-order valence-electron chi connectivity index (χ2n) is 6.36. The highest BCUT2D eigenvalue weighted by molar-refractivity contribution is 5.80. The average molecular weight is 391 g/mol. The molecule has 2 aromatic carbocycles. The highest BCUT2D eigenvalue weighted by Gasteiger charge is 2.12. The molecule has 3 aromatic rings. The van der Waals surface area contributed by atoms with E-state index in [9.17, 15) is 10.1 Å². The molecule has 0 aliphatic rings. The molecule has 3 N–H and O–H groups in total. The molecule has 0 atom stereocenters. The lowest BCUT2D eigenvalue weighted by atomic mass is 10.1. The molecule has 0 aliphatic heterocycles. The van der Waals surface area contributed by atoms with Gasteiger partial charge in [-0.15, -0.1) is 0 Å². The molecule has 0 saturated heterocycles. The number of benzene rings is 2. The summed E-state index contributed by atoms with van der Waals surface area (Å²) in [6.07, 6.45) is 0.705. The number of methoxy groups -OCH3 is 1. The fraction of sp³-hybridized carbons (Fsp3) is 0.227. The lowest BCUT2D eigenvalue weighted by molar-refractivity contribution is -0.327. The van der Waals surface area contributed by atoms with Gasteiger partial charge >= 0.3 is 0 Å². The zero-order chi connectivity index (χ0) is 20.5. The Hall–Kier alpha value is -3.79. The van der Waals surface area contributed by atoms with Crippen LogP contribution in [0, 0.1) is 11.3 Å². The number of aromatic nitrogens is 1. The Labute approximate surface area is 169 Å². The Kier molecular flexibility index (Phi) is 6.85. The van der Waals surface area contributed by atoms with Crippen molar-refractivity contribution in [3.63, 3.8) is 0 Å². The highest BCUT2D eigenvalue weighted by Crippen LogP contribution is 2.21. The van der Waals surface area contributed by atoms with Gasteiger partial charge < -0.3 is 14.8 Å². The number of amides is 1. The summed E-state index contributed by atoms with van der Waals surface area (Å²) < 4.78 is 10.6. The Morgan fingerprint density at radius 3 is 2.69 bits per heavy atom. The number of nitrogens with zero attached hydrogens (tertiary/aromatic N) is 1. The third-order valence-corrected chi connectivity index (χ3v) is 4.30. The predicted molar refractivity (Wildman–Crippen MR) is 110 cm³/mol. The van der Waals surface area contributed by atoms with Crippen LogP contribution in [0.25, 0.3) is 10.9 Å². The van der Waals surface area contributed by atoms with Crippen molar-refractivity contribution in [2.75, 3.05) is 32.1 Å². The number of nitriles is 1. The minimum absolute atomic E-state index is 0.0159. The van der Waals surface area contributed by atoms with Crippen LogP contribution in [0.15, 0.2) is 54.6 Å². The lowest BCUT2D eigenvalue weighted by Crippen LogP contribution is -2.30. The number of ether oxygens (including phenoxy) is 2. The third kappa shape index (κ3) is 5.59. The monoisotopic (exact) mass is 391 g/mol. The van der Waals surface area contributed by atoms with Crippen LogP contribution in [-0.4, -0.2) is 32.7 Å². The number of pyridine rings is 1. The van der Waals surface area contributed by atoms with Crippen molar-refractivity contribution in [2.24, 2.45) is 0 Å². The molecule has 1 heterocycles. The summed E-state index contributed by atoms with van der Waals surface area (Å²) in [4.78, 5) is 15.1. The summed E-state index contributed by atoms with van der Waals surface area (Å²) >= 11 is 0. The molecule has 0 unspecified atom stereocenters. The van der Waals surface area contributed by atoms with E-state index in [0.717, 1.165) is 16.7 Å². The van der Waals surface area contributed by atoms with Crippen molar-refractivity contribution in [1.29, 1.82) is 5.26 Å². The maximum absolute atomic E-state index is 11.8. The summed E-state index contributed by atoms with van der Waals surface area (Å²) in [5.41, 5.74) is 1.42. The number of nitrogens with one attached hydrogen (secondary N) is 3. The number of anilines is 1. The molecular formula is C22H23N4O3+. The zero-order valence-electron chi connectivity index (χ0n) is 16.2. The van der Waals surface area contributed by atoms with Crippen LogP contribution in [0.3, 0.4) is 0 Å². The van der Waals surface area contributed by atoms with Gasteiger partial charge in [0, 0.05) is 18.4 Å². The van der Waals surface area contributed by atoms with Crippen molar-refractivity contribution in [1.82, 2.24) is 5.32 Å². The zero-order valence-corrected chi connectivity index (χ0v) is 16.2. The standard InChI is InChI=1S/C22H22N4O3/c1-28-19-8-9-20-16(13-19)12-17(14-23)22(26-20)25-11-5-10-24-21(27)15-29-18-6-3-2-4-7-18/h2-4,6-9,12-13H,5,10-11,15H2,1H3,(H,24,27)(H,25,26)/p+1. The Balaban J connectivity index is 1.45. The summed E-state index contributed by atoms with van der Waals surface area (Å²) in [5, 5.41) is 16.4. The van der Waals surface area contributed by atoms with Gasteiger partial charge in [-0.3, -0.25) is 10.1 Å². The molecule has 0 bridgehead atoms. The van der Waals surface area contributed by atoms with Crippen molar-refractivity contribution >= 4 is 22.6 Å². The second-order valence-corrected chi connectivity index (χ2v) is 6.36. The summed E-state index contributed by atoms with van der Waals surface area (Å²) in [6, 6.07) is 18.9. The molecule has 3 rings (SSSR count). The van der Waals surface area contributed by atoms with Gasteiger partial charge in [0.15, 0.2) is 6.61 Å². The summed E-state index contributed by atoms with van der Waals surface area (Å²) in [7, 11) is 1.61. The first-order valence-electron chi connectivity index (χ1n) is 9.32. The van der Waals surface area contributed by atoms with Crippen LogP contribution in [0.5, 0.6) is 11.5 Å². The smallest absolute Gasteiger partial charge is 0.290 e. The molecule has 7 nitrogen and oxygen atoms in total. The van der Waals surface area contributed by atoms with Gasteiger partial charge in [-0.1, -0.05) is 18.2 Å². The fourth-order valence-corrected chi connectivity index (χ4v) is 2.80. The van der Waals surface area contributed by atoms with Crippen LogP contribution in [0.2, 0.25) is 0 Å². The van der Waals surface area contributed by atoms with Gasteiger partial charge in [-0.25, -0.2) is 4.98 Å². The van der Waals surface area contributed by atoms with Gasteiger partial charge in [-0.2, -0.15) is 5.26 Å². The molecule has 0 spiro atoms. The molecule has 1 aromatic heterocycles. The minimum Gasteiger partial charge on any atom is -0.497 e. The molecule has 29 heavy (non-hydrogen) atoms. The third-order valence-electron chi connectivity index (χ3n) is 4.30. The van der Waals surface area contributed by atoms with Crippen LogP contribution in [0.1, 0.15) is 12.0 Å². The first-order chi connectivity index (χ1) is 14.2. The van der Waals surface area contributed by atoms with E-state index in [0.29, 0.717) is 36.6 Å². The van der Waals surface area contributed by atoms with Crippen molar-refractivity contribution in [2.45, 2.75) is 6.42 Å². The average Bonchev–Trinajstić information content (AvgIpc) is 2.77. The van der Waals surface area contributed by atoms with Gasteiger partial charge in [0.2, 0.25) is 0 Å². The quantitative estimate of drug-likeness (QED) is 0.546. The molecule has 0 saturated carbocycles. The predicted octanol–water partition coefficient (Wildman–Crippen LogP) is 2.53. The molecule has 0 radical (unpaired) electrons. The highest BCUT2D eigenvalue weighted by atomic mass is 16.5. The van der Waals surface area contributed by atoms with Gasteiger partial charge in [0.1, 0.15) is 28.6 Å². The number of rotatable bonds is 9. The van der Waals surface area contributed by atoms with Gasteiger partial charge in [0.05, 0.1) is 13.7 Å². The van der Waals surface area contributed by atoms with E-state index in [1.165, 1.54) is 0 Å². The number of hydrogen-bond donors (Lipinski definition) is 2. The van der Waals surface area contributed by atoms with Crippen LogP contribution < -0.4 is 25.1 Å².